The van der Waals surface area contributed by atoms with Crippen molar-refractivity contribution in [2.45, 2.75) is 91.6 Å². The van der Waals surface area contributed by atoms with Crippen molar-refractivity contribution in [2.24, 2.45) is 0 Å². The monoisotopic (exact) mass is 530 g/mol. The zero-order chi connectivity index (χ0) is 28.9. The van der Waals surface area contributed by atoms with Gasteiger partial charge in [0, 0.05) is 27.7 Å². The molecule has 38 heavy (non-hydrogen) atoms. The molecule has 0 atom stereocenters. The van der Waals surface area contributed by atoms with Crippen molar-refractivity contribution in [3.8, 4) is 0 Å². The molecule has 0 unspecified atom stereocenters. The van der Waals surface area contributed by atoms with E-state index in [1.54, 1.807) is 24.3 Å². The van der Waals surface area contributed by atoms with Gasteiger partial charge in [-0.3, -0.25) is 9.78 Å². The molecule has 0 saturated heterocycles. The van der Waals surface area contributed by atoms with Crippen LogP contribution in [0.25, 0.3) is 0 Å². The maximum Gasteiger partial charge on any atom is 0.513 e. The molecule has 0 aliphatic rings. The van der Waals surface area contributed by atoms with E-state index in [-0.39, 0.29) is 22.0 Å². The largest absolute Gasteiger partial charge is 0.513 e. The molecule has 0 radical (unpaired) electrons. The molecule has 0 spiro atoms. The summed E-state index contributed by atoms with van der Waals surface area (Å²) in [5.74, 6) is -4.91. The summed E-state index contributed by atoms with van der Waals surface area (Å²) in [6.07, 6.45) is -1.21. The summed E-state index contributed by atoms with van der Waals surface area (Å²) in [6, 6.07) is 13.8. The van der Waals surface area contributed by atoms with Crippen molar-refractivity contribution in [1.82, 2.24) is 0 Å². The number of hydrogen-bond acceptors (Lipinski definition) is 9. The van der Waals surface area contributed by atoms with Crippen LogP contribution in [0, 0.1) is 0 Å². The minimum Gasteiger partial charge on any atom is -0.398 e. The number of ether oxygens (including phenoxy) is 2. The van der Waals surface area contributed by atoms with Crippen molar-refractivity contribution in [1.29, 1.82) is 0 Å². The van der Waals surface area contributed by atoms with Gasteiger partial charge in [0.1, 0.15) is 0 Å². The lowest BCUT2D eigenvalue weighted by Gasteiger charge is -2.26. The van der Waals surface area contributed by atoms with Crippen LogP contribution in [0.15, 0.2) is 48.5 Å². The third kappa shape index (κ3) is 9.46. The average Bonchev–Trinajstić information content (AvgIpc) is 2.79. The zero-order valence-corrected chi connectivity index (χ0v) is 23.8. The van der Waals surface area contributed by atoms with Crippen molar-refractivity contribution in [3.05, 3.63) is 70.8 Å². The van der Waals surface area contributed by atoms with Gasteiger partial charge < -0.3 is 9.47 Å². The summed E-state index contributed by atoms with van der Waals surface area (Å²) in [6.45, 7) is 17.7. The molecule has 0 amide bonds. The minimum atomic E-state index is -1.69. The molecule has 2 rings (SSSR count). The molecular weight excluding hydrogens is 492 g/mol. The highest BCUT2D eigenvalue weighted by molar-refractivity contribution is 5.89. The van der Waals surface area contributed by atoms with E-state index in [9.17, 15) is 14.4 Å². The van der Waals surface area contributed by atoms with E-state index in [2.05, 4.69) is 41.5 Å². The molecule has 2 aromatic rings. The van der Waals surface area contributed by atoms with Crippen LogP contribution in [0.5, 0.6) is 0 Å². The Hall–Kier alpha value is -3.43. The third-order valence-electron chi connectivity index (χ3n) is 5.27. The van der Waals surface area contributed by atoms with Crippen molar-refractivity contribution in [2.75, 3.05) is 0 Å². The van der Waals surface area contributed by atoms with Gasteiger partial charge in [-0.25, -0.2) is 14.4 Å². The fourth-order valence-corrected chi connectivity index (χ4v) is 3.04. The van der Waals surface area contributed by atoms with Crippen molar-refractivity contribution >= 4 is 18.1 Å². The van der Waals surface area contributed by atoms with Gasteiger partial charge in [-0.2, -0.15) is 0 Å². The molecule has 0 aliphatic heterocycles. The summed E-state index contributed by atoms with van der Waals surface area (Å²) in [5.41, 5.74) is 2.50. The molecule has 0 heterocycles. The lowest BCUT2D eigenvalue weighted by atomic mass is 9.87. The van der Waals surface area contributed by atoms with E-state index in [1.807, 2.05) is 24.3 Å². The highest BCUT2D eigenvalue weighted by atomic mass is 17.3. The van der Waals surface area contributed by atoms with Crippen LogP contribution in [0.4, 0.5) is 4.79 Å². The fourth-order valence-electron chi connectivity index (χ4n) is 3.04. The normalized spacial score (nSPS) is 12.5. The first-order valence-corrected chi connectivity index (χ1v) is 12.2. The van der Waals surface area contributed by atoms with Gasteiger partial charge in [0.2, 0.25) is 0 Å². The van der Waals surface area contributed by atoms with Crippen molar-refractivity contribution in [3.63, 3.8) is 0 Å². The number of carbonyl (C=O) groups excluding carboxylic acids is 3. The topological polar surface area (TPSA) is 107 Å². The van der Waals surface area contributed by atoms with Crippen LogP contribution < -0.4 is 0 Å². The SMILES string of the molecule is CC(C)(OOC(=O)c1ccc(C(C)(C)C)cc1)OC(=O)OC(C)(C)OOC(=O)c1ccc(C(C)(C)C)cc1. The maximum atomic E-state index is 12.3. The molecular formula is C29H38O9. The summed E-state index contributed by atoms with van der Waals surface area (Å²) in [5, 5.41) is 0. The predicted molar refractivity (Wildman–Crippen MR) is 139 cm³/mol. The number of rotatable bonds is 8. The van der Waals surface area contributed by atoms with Crippen LogP contribution in [-0.4, -0.2) is 29.7 Å². The molecule has 2 aromatic carbocycles. The van der Waals surface area contributed by atoms with Gasteiger partial charge >= 0.3 is 18.1 Å². The maximum absolute atomic E-state index is 12.3. The van der Waals surface area contributed by atoms with Crippen LogP contribution >= 0.6 is 0 Å². The van der Waals surface area contributed by atoms with E-state index in [0.29, 0.717) is 0 Å². The summed E-state index contributed by atoms with van der Waals surface area (Å²) in [7, 11) is 0. The number of hydrogen-bond donors (Lipinski definition) is 0. The van der Waals surface area contributed by atoms with Gasteiger partial charge in [-0.1, -0.05) is 65.8 Å². The molecule has 0 aliphatic carbocycles. The standard InChI is InChI=1S/C29H38O9/c1-26(2,3)21-15-11-19(12-16-21)23(30)35-37-28(7,8)33-25(32)34-29(9,10)38-36-24(31)20-13-17-22(18-14-20)27(4,5)6/h11-18H,1-10H3. The van der Waals surface area contributed by atoms with Gasteiger partial charge in [-0.15, -0.1) is 9.78 Å². The second kappa shape index (κ2) is 11.5. The Bertz CT molecular complexity index is 1030. The second-order valence-corrected chi connectivity index (χ2v) is 11.8. The lowest BCUT2D eigenvalue weighted by Crippen LogP contribution is -2.38. The van der Waals surface area contributed by atoms with Gasteiger partial charge in [0.05, 0.1) is 11.1 Å². The Labute approximate surface area is 224 Å². The highest BCUT2D eigenvalue weighted by Gasteiger charge is 2.34. The Morgan fingerprint density at radius 2 is 0.789 bits per heavy atom. The quantitative estimate of drug-likeness (QED) is 0.158. The minimum absolute atomic E-state index is 0.0668. The van der Waals surface area contributed by atoms with Gasteiger partial charge in [-0.05, 0) is 46.2 Å². The summed E-state index contributed by atoms with van der Waals surface area (Å²) < 4.78 is 10.2. The van der Waals surface area contributed by atoms with E-state index < -0.39 is 29.7 Å². The van der Waals surface area contributed by atoms with Crippen LogP contribution in [0.2, 0.25) is 0 Å². The van der Waals surface area contributed by atoms with E-state index in [1.165, 1.54) is 27.7 Å². The predicted octanol–water partition coefficient (Wildman–Crippen LogP) is 6.78. The number of carbonyl (C=O) groups is 3. The molecule has 0 fully saturated rings. The van der Waals surface area contributed by atoms with Crippen molar-refractivity contribution < 1.29 is 43.4 Å². The first kappa shape index (κ1) is 30.8. The first-order chi connectivity index (χ1) is 17.3. The molecule has 0 N–H and O–H groups in total. The van der Waals surface area contributed by atoms with Gasteiger partial charge in [0.15, 0.2) is 0 Å². The third-order valence-corrected chi connectivity index (χ3v) is 5.27. The Morgan fingerprint density at radius 3 is 1.05 bits per heavy atom. The molecule has 0 aromatic heterocycles. The second-order valence-electron chi connectivity index (χ2n) is 11.8. The molecule has 9 heteroatoms. The van der Waals surface area contributed by atoms with Crippen LogP contribution in [0.1, 0.15) is 101 Å². The Kier molecular flexibility index (Phi) is 9.34. The lowest BCUT2D eigenvalue weighted by molar-refractivity contribution is -0.391. The van der Waals surface area contributed by atoms with Crippen LogP contribution in [-0.2, 0) is 39.9 Å². The number of benzene rings is 2. The average molecular weight is 531 g/mol. The molecule has 9 nitrogen and oxygen atoms in total. The van der Waals surface area contributed by atoms with E-state index >= 15 is 0 Å². The highest BCUT2D eigenvalue weighted by Crippen LogP contribution is 2.24. The Balaban J connectivity index is 1.85. The molecule has 0 saturated carbocycles. The fraction of sp³-hybridized carbons (Fsp3) is 0.483. The smallest absolute Gasteiger partial charge is 0.398 e. The summed E-state index contributed by atoms with van der Waals surface area (Å²) in [4.78, 5) is 56.6. The Morgan fingerprint density at radius 1 is 0.500 bits per heavy atom. The van der Waals surface area contributed by atoms with Gasteiger partial charge in [0.25, 0.3) is 11.6 Å². The molecule has 208 valence electrons. The van der Waals surface area contributed by atoms with E-state index in [0.717, 1.165) is 11.1 Å². The summed E-state index contributed by atoms with van der Waals surface area (Å²) >= 11 is 0. The first-order valence-electron chi connectivity index (χ1n) is 12.2. The molecule has 0 bridgehead atoms. The van der Waals surface area contributed by atoms with Crippen LogP contribution in [0.3, 0.4) is 0 Å². The van der Waals surface area contributed by atoms with E-state index in [4.69, 9.17) is 29.0 Å². The zero-order valence-electron chi connectivity index (χ0n) is 23.8.